The smallest absolute Gasteiger partial charge is 0.0105 e. The van der Waals surface area contributed by atoms with Gasteiger partial charge < -0.3 is 0 Å². The molecule has 0 fully saturated rings. The van der Waals surface area contributed by atoms with Crippen molar-refractivity contribution in [3.8, 4) is 11.1 Å². The Labute approximate surface area is 149 Å². The molecule has 3 aromatic rings. The molecule has 0 bridgehead atoms. The van der Waals surface area contributed by atoms with E-state index < -0.39 is 0 Å². The molecule has 0 saturated heterocycles. The van der Waals surface area contributed by atoms with Crippen molar-refractivity contribution in [2.75, 3.05) is 0 Å². The van der Waals surface area contributed by atoms with Gasteiger partial charge in [-0.3, -0.25) is 0 Å². The van der Waals surface area contributed by atoms with Crippen LogP contribution in [0.2, 0.25) is 0 Å². The Kier molecular flexibility index (Phi) is 3.38. The van der Waals surface area contributed by atoms with Gasteiger partial charge in [0, 0.05) is 5.92 Å². The van der Waals surface area contributed by atoms with Crippen LogP contribution in [0.1, 0.15) is 47.9 Å². The second kappa shape index (κ2) is 5.74. The third kappa shape index (κ3) is 2.28. The average Bonchev–Trinajstić information content (AvgIpc) is 3.14. The molecular weight excluding hydrogens is 300 g/mol. The SMILES string of the molecule is CC1=C(CCC2c3ccccc3-c3ccccc32)c2ccccc2C1. The molecule has 0 aromatic heterocycles. The lowest BCUT2D eigenvalue weighted by atomic mass is 9.89. The molecule has 25 heavy (non-hydrogen) atoms. The minimum absolute atomic E-state index is 0.528. The molecule has 0 aliphatic heterocycles. The predicted octanol–water partition coefficient (Wildman–Crippen LogP) is 6.61. The molecule has 0 nitrogen and oxygen atoms in total. The maximum absolute atomic E-state index is 2.32. The van der Waals surface area contributed by atoms with E-state index in [-0.39, 0.29) is 0 Å². The molecule has 0 saturated carbocycles. The van der Waals surface area contributed by atoms with Crippen LogP contribution < -0.4 is 0 Å². The Balaban J connectivity index is 1.49. The van der Waals surface area contributed by atoms with E-state index in [1.165, 1.54) is 39.8 Å². The van der Waals surface area contributed by atoms with Crippen molar-refractivity contribution in [3.63, 3.8) is 0 Å². The first kappa shape index (κ1) is 14.7. The first-order valence-corrected chi connectivity index (χ1v) is 9.28. The monoisotopic (exact) mass is 322 g/mol. The highest BCUT2D eigenvalue weighted by Crippen LogP contribution is 2.48. The maximum Gasteiger partial charge on any atom is 0.0105 e. The molecule has 0 spiro atoms. The van der Waals surface area contributed by atoms with Crippen molar-refractivity contribution >= 4 is 5.57 Å². The molecule has 2 aliphatic rings. The Bertz CT molecular complexity index is 945. The van der Waals surface area contributed by atoms with Crippen LogP contribution in [0.25, 0.3) is 16.7 Å². The van der Waals surface area contributed by atoms with Gasteiger partial charge in [-0.1, -0.05) is 78.4 Å². The molecule has 0 unspecified atom stereocenters. The number of fused-ring (bicyclic) bond motifs is 4. The zero-order valence-corrected chi connectivity index (χ0v) is 14.6. The summed E-state index contributed by atoms with van der Waals surface area (Å²) in [5.41, 5.74) is 12.0. The number of rotatable bonds is 3. The van der Waals surface area contributed by atoms with Gasteiger partial charge in [0.05, 0.1) is 0 Å². The second-order valence-electron chi connectivity index (χ2n) is 7.36. The fourth-order valence-electron chi connectivity index (χ4n) is 4.80. The summed E-state index contributed by atoms with van der Waals surface area (Å²) in [4.78, 5) is 0. The zero-order valence-electron chi connectivity index (χ0n) is 14.6. The highest BCUT2D eigenvalue weighted by Gasteiger charge is 2.28. The van der Waals surface area contributed by atoms with Crippen LogP contribution in [0.5, 0.6) is 0 Å². The molecule has 3 aromatic carbocycles. The predicted molar refractivity (Wildman–Crippen MR) is 106 cm³/mol. The Morgan fingerprint density at radius 1 is 0.720 bits per heavy atom. The number of hydrogen-bond acceptors (Lipinski definition) is 0. The minimum Gasteiger partial charge on any atom is -0.0651 e. The largest absolute Gasteiger partial charge is 0.0651 e. The van der Waals surface area contributed by atoms with E-state index in [0.717, 1.165) is 12.8 Å². The van der Waals surface area contributed by atoms with Crippen LogP contribution in [0.15, 0.2) is 78.4 Å². The van der Waals surface area contributed by atoms with Gasteiger partial charge in [-0.2, -0.15) is 0 Å². The van der Waals surface area contributed by atoms with Crippen LogP contribution >= 0.6 is 0 Å². The van der Waals surface area contributed by atoms with Crippen LogP contribution in [0, 0.1) is 0 Å². The average molecular weight is 322 g/mol. The van der Waals surface area contributed by atoms with Crippen LogP contribution in [-0.2, 0) is 6.42 Å². The van der Waals surface area contributed by atoms with E-state index in [0.29, 0.717) is 5.92 Å². The fraction of sp³-hybridized carbons (Fsp3) is 0.200. The van der Waals surface area contributed by atoms with Gasteiger partial charge in [0.15, 0.2) is 0 Å². The van der Waals surface area contributed by atoms with E-state index in [4.69, 9.17) is 0 Å². The Morgan fingerprint density at radius 2 is 1.28 bits per heavy atom. The standard InChI is InChI=1S/C25H22/c1-17-16-18-8-2-3-9-20(18)19(17)14-15-25-23-12-6-4-10-21(23)22-11-5-7-13-24(22)25/h2-13,25H,14-16H2,1H3. The van der Waals surface area contributed by atoms with E-state index in [1.807, 2.05) is 0 Å². The lowest BCUT2D eigenvalue weighted by Crippen LogP contribution is -1.98. The quantitative estimate of drug-likeness (QED) is 0.509. The summed E-state index contributed by atoms with van der Waals surface area (Å²) in [7, 11) is 0. The van der Waals surface area contributed by atoms with Crippen molar-refractivity contribution in [2.24, 2.45) is 0 Å². The summed E-state index contributed by atoms with van der Waals surface area (Å²) in [6.45, 7) is 2.31. The van der Waals surface area contributed by atoms with Crippen LogP contribution in [0.3, 0.4) is 0 Å². The first-order valence-electron chi connectivity index (χ1n) is 9.28. The van der Waals surface area contributed by atoms with E-state index >= 15 is 0 Å². The summed E-state index contributed by atoms with van der Waals surface area (Å²) in [5, 5.41) is 0. The lowest BCUT2D eigenvalue weighted by molar-refractivity contribution is 0.750. The summed E-state index contributed by atoms with van der Waals surface area (Å²) < 4.78 is 0. The zero-order chi connectivity index (χ0) is 16.8. The first-order chi connectivity index (χ1) is 12.3. The normalized spacial score (nSPS) is 15.2. The summed E-state index contributed by atoms with van der Waals surface area (Å²) in [6.07, 6.45) is 3.48. The van der Waals surface area contributed by atoms with Gasteiger partial charge in [-0.15, -0.1) is 0 Å². The summed E-state index contributed by atoms with van der Waals surface area (Å²) in [5.74, 6) is 0.528. The van der Waals surface area contributed by atoms with E-state index in [2.05, 4.69) is 79.7 Å². The van der Waals surface area contributed by atoms with Crippen molar-refractivity contribution < 1.29 is 0 Å². The van der Waals surface area contributed by atoms with Gasteiger partial charge in [0.2, 0.25) is 0 Å². The Hall–Kier alpha value is -2.60. The van der Waals surface area contributed by atoms with Gasteiger partial charge >= 0.3 is 0 Å². The van der Waals surface area contributed by atoms with Crippen molar-refractivity contribution in [1.29, 1.82) is 0 Å². The van der Waals surface area contributed by atoms with Crippen LogP contribution in [0.4, 0.5) is 0 Å². The molecule has 0 heteroatoms. The van der Waals surface area contributed by atoms with Crippen LogP contribution in [-0.4, -0.2) is 0 Å². The molecule has 0 heterocycles. The van der Waals surface area contributed by atoms with Crippen molar-refractivity contribution in [3.05, 3.63) is 101 Å². The van der Waals surface area contributed by atoms with E-state index in [1.54, 1.807) is 11.1 Å². The third-order valence-corrected chi connectivity index (χ3v) is 5.96. The number of hydrogen-bond donors (Lipinski definition) is 0. The number of allylic oxidation sites excluding steroid dienone is 2. The lowest BCUT2D eigenvalue weighted by Gasteiger charge is -2.15. The molecule has 5 rings (SSSR count). The van der Waals surface area contributed by atoms with E-state index in [9.17, 15) is 0 Å². The molecular formula is C25H22. The fourth-order valence-corrected chi connectivity index (χ4v) is 4.80. The van der Waals surface area contributed by atoms with Gasteiger partial charge in [-0.25, -0.2) is 0 Å². The third-order valence-electron chi connectivity index (χ3n) is 5.96. The highest BCUT2D eigenvalue weighted by molar-refractivity contribution is 5.80. The molecule has 0 amide bonds. The molecule has 2 aliphatic carbocycles. The van der Waals surface area contributed by atoms with Gasteiger partial charge in [0.25, 0.3) is 0 Å². The maximum atomic E-state index is 2.32. The summed E-state index contributed by atoms with van der Waals surface area (Å²) >= 11 is 0. The van der Waals surface area contributed by atoms with Crippen molar-refractivity contribution in [1.82, 2.24) is 0 Å². The number of benzene rings is 3. The molecule has 0 N–H and O–H groups in total. The summed E-state index contributed by atoms with van der Waals surface area (Å²) in [6, 6.07) is 26.8. The second-order valence-corrected chi connectivity index (χ2v) is 7.36. The highest BCUT2D eigenvalue weighted by atomic mass is 14.3. The Morgan fingerprint density at radius 3 is 1.96 bits per heavy atom. The van der Waals surface area contributed by atoms with Gasteiger partial charge in [-0.05, 0) is 65.1 Å². The van der Waals surface area contributed by atoms with Gasteiger partial charge in [0.1, 0.15) is 0 Å². The minimum atomic E-state index is 0.528. The van der Waals surface area contributed by atoms with Crippen molar-refractivity contribution in [2.45, 2.75) is 32.1 Å². The topological polar surface area (TPSA) is 0 Å². The molecule has 122 valence electrons. The molecule has 0 radical (unpaired) electrons. The molecule has 0 atom stereocenters.